The van der Waals surface area contributed by atoms with Crippen molar-refractivity contribution in [1.29, 1.82) is 0 Å². The van der Waals surface area contributed by atoms with Crippen LogP contribution in [0.5, 0.6) is 0 Å². The summed E-state index contributed by atoms with van der Waals surface area (Å²) in [5, 5.41) is 3.18. The maximum atomic E-state index is 5.05. The van der Waals surface area contributed by atoms with Crippen molar-refractivity contribution in [3.05, 3.63) is 0 Å². The average molecular weight is 197 g/mol. The monoisotopic (exact) mass is 197 g/mol. The first-order chi connectivity index (χ1) is 5.41. The first kappa shape index (κ1) is 11.6. The second-order valence-corrected chi connectivity index (χ2v) is 2.87. The van der Waals surface area contributed by atoms with Crippen LogP contribution in [-0.4, -0.2) is 38.8 Å². The topological polar surface area (TPSA) is 30.5 Å². The fourth-order valence-corrected chi connectivity index (χ4v) is 1.02. The molecule has 0 fully saturated rings. The number of rotatable bonds is 8. The molecule has 0 aromatic rings. The molecular weight excluding hydrogens is 182 g/mol. The fraction of sp³-hybridized carbons (Fsp3) is 1.00. The van der Waals surface area contributed by atoms with Crippen LogP contribution in [0.15, 0.2) is 0 Å². The van der Waals surface area contributed by atoms with E-state index in [2.05, 4.69) is 5.32 Å². The van der Waals surface area contributed by atoms with E-state index < -0.39 is 0 Å². The fourth-order valence-electron chi connectivity index (χ4n) is 0.519. The molecule has 5 heteroatoms. The predicted molar refractivity (Wildman–Crippen MR) is 51.8 cm³/mol. The lowest BCUT2D eigenvalue weighted by molar-refractivity contribution is 0.338. The van der Waals surface area contributed by atoms with Crippen molar-refractivity contribution in [2.75, 3.05) is 38.8 Å². The average Bonchev–Trinajstić information content (AvgIpc) is 2.03. The Balaban J connectivity index is 2.69. The summed E-state index contributed by atoms with van der Waals surface area (Å²) in [7, 11) is 0. The van der Waals surface area contributed by atoms with Gasteiger partial charge in [0.2, 0.25) is 0 Å². The molecular formula is C6H15NO2S2. The lowest BCUT2D eigenvalue weighted by atomic mass is 10.6. The van der Waals surface area contributed by atoms with Crippen molar-refractivity contribution >= 4 is 24.1 Å². The van der Waals surface area contributed by atoms with E-state index in [4.69, 9.17) is 8.37 Å². The molecule has 0 radical (unpaired) electrons. The van der Waals surface area contributed by atoms with Gasteiger partial charge in [-0.1, -0.05) is 0 Å². The minimum atomic E-state index is 0.750. The Hall–Kier alpha value is 0.580. The molecule has 68 valence electrons. The Bertz CT molecular complexity index is 67.6. The highest BCUT2D eigenvalue weighted by Gasteiger charge is 1.87. The molecule has 0 amide bonds. The lowest BCUT2D eigenvalue weighted by Crippen LogP contribution is -2.22. The Morgan fingerprint density at radius 3 is 1.82 bits per heavy atom. The van der Waals surface area contributed by atoms with Gasteiger partial charge in [0.25, 0.3) is 0 Å². The largest absolute Gasteiger partial charge is 0.314 e. The molecule has 0 saturated heterocycles. The van der Waals surface area contributed by atoms with E-state index in [-0.39, 0.29) is 0 Å². The summed E-state index contributed by atoms with van der Waals surface area (Å²) in [4.78, 5) is 0. The molecule has 0 spiro atoms. The molecule has 0 saturated carbocycles. The minimum Gasteiger partial charge on any atom is -0.314 e. The van der Waals surface area contributed by atoms with Gasteiger partial charge < -0.3 is 13.7 Å². The molecule has 3 nitrogen and oxygen atoms in total. The maximum Gasteiger partial charge on any atom is 0.0738 e. The van der Waals surface area contributed by atoms with Crippen LogP contribution >= 0.6 is 24.1 Å². The molecule has 0 aromatic carbocycles. The molecule has 0 bridgehead atoms. The van der Waals surface area contributed by atoms with Gasteiger partial charge in [-0.05, 0) is 24.1 Å². The number of nitrogens with one attached hydrogen (secondary N) is 1. The van der Waals surface area contributed by atoms with Crippen LogP contribution < -0.4 is 5.32 Å². The standard InChI is InChI=1S/C6H15NO2S2/c1-10-8-5-3-7-4-6-9-11-2/h7H,3-6H2,1-2H3. The second kappa shape index (κ2) is 10.6. The Morgan fingerprint density at radius 2 is 1.45 bits per heavy atom. The quantitative estimate of drug-likeness (QED) is 0.466. The van der Waals surface area contributed by atoms with Gasteiger partial charge >= 0.3 is 0 Å². The van der Waals surface area contributed by atoms with Crippen molar-refractivity contribution in [1.82, 2.24) is 5.32 Å². The normalized spacial score (nSPS) is 10.4. The van der Waals surface area contributed by atoms with Gasteiger partial charge in [-0.15, -0.1) is 0 Å². The Labute approximate surface area is 77.0 Å². The SMILES string of the molecule is CSOCCNCCOSC. The van der Waals surface area contributed by atoms with Crippen LogP contribution in [0, 0.1) is 0 Å². The smallest absolute Gasteiger partial charge is 0.0738 e. The summed E-state index contributed by atoms with van der Waals surface area (Å²) in [6, 6.07) is 0. The summed E-state index contributed by atoms with van der Waals surface area (Å²) < 4.78 is 10.1. The molecule has 0 rings (SSSR count). The van der Waals surface area contributed by atoms with Gasteiger partial charge in [-0.25, -0.2) is 0 Å². The summed E-state index contributed by atoms with van der Waals surface area (Å²) in [6.45, 7) is 3.28. The second-order valence-electron chi connectivity index (χ2n) is 1.73. The van der Waals surface area contributed by atoms with Crippen molar-refractivity contribution in [2.24, 2.45) is 0 Å². The molecule has 11 heavy (non-hydrogen) atoms. The zero-order valence-corrected chi connectivity index (χ0v) is 8.59. The number of hydrogen-bond acceptors (Lipinski definition) is 5. The van der Waals surface area contributed by atoms with Crippen LogP contribution in [0.3, 0.4) is 0 Å². The molecule has 0 aliphatic rings. The minimum absolute atomic E-state index is 0.750. The highest BCUT2D eigenvalue weighted by Crippen LogP contribution is 1.92. The van der Waals surface area contributed by atoms with Crippen LogP contribution in [0.25, 0.3) is 0 Å². The van der Waals surface area contributed by atoms with Crippen molar-refractivity contribution in [2.45, 2.75) is 0 Å². The van der Waals surface area contributed by atoms with Crippen LogP contribution in [0.1, 0.15) is 0 Å². The number of hydrogen-bond donors (Lipinski definition) is 1. The van der Waals surface area contributed by atoms with Gasteiger partial charge in [0.1, 0.15) is 0 Å². The molecule has 0 unspecified atom stereocenters. The van der Waals surface area contributed by atoms with E-state index in [9.17, 15) is 0 Å². The summed E-state index contributed by atoms with van der Waals surface area (Å²) >= 11 is 2.79. The Morgan fingerprint density at radius 1 is 1.00 bits per heavy atom. The van der Waals surface area contributed by atoms with Gasteiger partial charge in [0.05, 0.1) is 13.2 Å². The highest BCUT2D eigenvalue weighted by atomic mass is 32.2. The van der Waals surface area contributed by atoms with Gasteiger partial charge in [-0.3, -0.25) is 0 Å². The molecule has 0 aliphatic carbocycles. The van der Waals surface area contributed by atoms with Crippen LogP contribution in [0.2, 0.25) is 0 Å². The van der Waals surface area contributed by atoms with Crippen molar-refractivity contribution in [3.63, 3.8) is 0 Å². The molecule has 0 aromatic heterocycles. The van der Waals surface area contributed by atoms with Crippen molar-refractivity contribution < 1.29 is 8.37 Å². The zero-order valence-electron chi connectivity index (χ0n) is 6.96. The molecule has 0 heterocycles. The third-order valence-electron chi connectivity index (χ3n) is 0.960. The van der Waals surface area contributed by atoms with E-state index in [0.29, 0.717) is 0 Å². The zero-order chi connectivity index (χ0) is 8.36. The highest BCUT2D eigenvalue weighted by molar-refractivity contribution is 7.94. The van der Waals surface area contributed by atoms with E-state index in [1.54, 1.807) is 0 Å². The van der Waals surface area contributed by atoms with Gasteiger partial charge in [-0.2, -0.15) is 0 Å². The van der Waals surface area contributed by atoms with E-state index in [1.165, 1.54) is 24.1 Å². The van der Waals surface area contributed by atoms with E-state index >= 15 is 0 Å². The predicted octanol–water partition coefficient (Wildman–Crippen LogP) is 1.17. The molecule has 0 aliphatic heterocycles. The lowest BCUT2D eigenvalue weighted by Gasteiger charge is -2.02. The van der Waals surface area contributed by atoms with Crippen LogP contribution in [0.4, 0.5) is 0 Å². The first-order valence-electron chi connectivity index (χ1n) is 3.43. The van der Waals surface area contributed by atoms with Crippen LogP contribution in [-0.2, 0) is 8.37 Å². The van der Waals surface area contributed by atoms with Crippen molar-refractivity contribution in [3.8, 4) is 0 Å². The summed E-state index contributed by atoms with van der Waals surface area (Å²) in [5.41, 5.74) is 0. The Kier molecular flexibility index (Phi) is 11.1. The molecule has 1 N–H and O–H groups in total. The third kappa shape index (κ3) is 10.6. The summed E-state index contributed by atoms with van der Waals surface area (Å²) in [5.74, 6) is 0. The summed E-state index contributed by atoms with van der Waals surface area (Å²) in [6.07, 6.45) is 3.83. The van der Waals surface area contributed by atoms with Gasteiger partial charge in [0.15, 0.2) is 0 Å². The maximum absolute atomic E-state index is 5.05. The van der Waals surface area contributed by atoms with E-state index in [0.717, 1.165) is 26.3 Å². The molecule has 0 atom stereocenters. The first-order valence-corrected chi connectivity index (χ1v) is 5.73. The third-order valence-corrected chi connectivity index (χ3v) is 1.76. The van der Waals surface area contributed by atoms with E-state index in [1.807, 2.05) is 12.5 Å². The van der Waals surface area contributed by atoms with Gasteiger partial charge in [0, 0.05) is 25.6 Å².